The van der Waals surface area contributed by atoms with Crippen molar-refractivity contribution in [1.82, 2.24) is 24.1 Å². The Bertz CT molecular complexity index is 3460. The van der Waals surface area contributed by atoms with E-state index >= 15 is 0 Å². The van der Waals surface area contributed by atoms with Crippen molar-refractivity contribution < 1.29 is 0 Å². The molecule has 12 aromatic rings. The monoisotopic (exact) mass is 791 g/mol. The van der Waals surface area contributed by atoms with Gasteiger partial charge in [-0.2, -0.15) is 0 Å². The predicted molar refractivity (Wildman–Crippen MR) is 256 cm³/mol. The molecule has 0 aliphatic rings. The molecule has 0 atom stereocenters. The predicted octanol–water partition coefficient (Wildman–Crippen LogP) is 14.4. The summed E-state index contributed by atoms with van der Waals surface area (Å²) in [5.74, 6) is 1.90. The zero-order chi connectivity index (χ0) is 41.0. The summed E-state index contributed by atoms with van der Waals surface area (Å²) in [7, 11) is 0. The molecule has 12 rings (SSSR count). The molecule has 290 valence electrons. The number of hydrogen-bond acceptors (Lipinski definition) is 3. The van der Waals surface area contributed by atoms with E-state index in [0.29, 0.717) is 17.5 Å². The molecular weight excluding hydrogens is 755 g/mol. The second kappa shape index (κ2) is 14.7. The largest absolute Gasteiger partial charge is 0.309 e. The SMILES string of the molecule is c1ccc(-c2nc(-c3ccccc3)nc(-c3ccc(-c4c(-c5ccccc5-n5c6ccccc6c6ccccc65)cccc4-n4c5ccccc5c5ccccc54)cc3)n2)cc1. The molecule has 0 bridgehead atoms. The molecule has 62 heavy (non-hydrogen) atoms. The van der Waals surface area contributed by atoms with E-state index in [9.17, 15) is 0 Å². The average molecular weight is 792 g/mol. The topological polar surface area (TPSA) is 48.5 Å². The van der Waals surface area contributed by atoms with Crippen LogP contribution in [0.15, 0.2) is 224 Å². The van der Waals surface area contributed by atoms with Crippen LogP contribution in [0.2, 0.25) is 0 Å². The molecule has 0 radical (unpaired) electrons. The molecule has 0 N–H and O–H groups in total. The summed E-state index contributed by atoms with van der Waals surface area (Å²) in [6, 6.07) is 79.5. The van der Waals surface area contributed by atoms with E-state index in [-0.39, 0.29) is 0 Å². The van der Waals surface area contributed by atoms with Crippen LogP contribution in [-0.2, 0) is 0 Å². The van der Waals surface area contributed by atoms with Crippen molar-refractivity contribution in [3.8, 4) is 67.8 Å². The van der Waals surface area contributed by atoms with Crippen molar-refractivity contribution in [3.05, 3.63) is 224 Å². The molecule has 0 spiro atoms. The zero-order valence-corrected chi connectivity index (χ0v) is 33.6. The van der Waals surface area contributed by atoms with Crippen LogP contribution in [0.4, 0.5) is 0 Å². The van der Waals surface area contributed by atoms with Gasteiger partial charge in [-0.1, -0.05) is 188 Å². The van der Waals surface area contributed by atoms with E-state index in [1.165, 1.54) is 32.6 Å². The minimum Gasteiger partial charge on any atom is -0.309 e. The Balaban J connectivity index is 1.10. The van der Waals surface area contributed by atoms with Gasteiger partial charge in [-0.25, -0.2) is 15.0 Å². The summed E-state index contributed by atoms with van der Waals surface area (Å²) in [6.45, 7) is 0. The number of fused-ring (bicyclic) bond motifs is 6. The Morgan fingerprint density at radius 3 is 1.06 bits per heavy atom. The number of rotatable bonds is 7. The van der Waals surface area contributed by atoms with E-state index in [0.717, 1.165) is 61.4 Å². The van der Waals surface area contributed by atoms with Crippen molar-refractivity contribution in [2.45, 2.75) is 0 Å². The van der Waals surface area contributed by atoms with Crippen LogP contribution >= 0.6 is 0 Å². The second-order valence-electron chi connectivity index (χ2n) is 15.6. The van der Waals surface area contributed by atoms with Crippen molar-refractivity contribution in [2.24, 2.45) is 0 Å². The van der Waals surface area contributed by atoms with Crippen molar-refractivity contribution in [2.75, 3.05) is 0 Å². The van der Waals surface area contributed by atoms with Gasteiger partial charge in [0, 0.05) is 49.4 Å². The van der Waals surface area contributed by atoms with Crippen LogP contribution in [0.3, 0.4) is 0 Å². The smallest absolute Gasteiger partial charge is 0.164 e. The number of aromatic nitrogens is 5. The molecule has 0 saturated carbocycles. The van der Waals surface area contributed by atoms with Gasteiger partial charge in [0.05, 0.1) is 33.4 Å². The fraction of sp³-hybridized carbons (Fsp3) is 0. The maximum atomic E-state index is 5.05. The van der Waals surface area contributed by atoms with E-state index in [1.54, 1.807) is 0 Å². The molecule has 3 heterocycles. The van der Waals surface area contributed by atoms with E-state index in [2.05, 4.69) is 173 Å². The fourth-order valence-electron chi connectivity index (χ4n) is 9.24. The Hall–Kier alpha value is -8.41. The van der Waals surface area contributed by atoms with Crippen LogP contribution in [0.25, 0.3) is 111 Å². The zero-order valence-electron chi connectivity index (χ0n) is 33.6. The molecule has 0 amide bonds. The highest BCUT2D eigenvalue weighted by Crippen LogP contribution is 2.44. The van der Waals surface area contributed by atoms with E-state index < -0.39 is 0 Å². The van der Waals surface area contributed by atoms with Crippen molar-refractivity contribution in [3.63, 3.8) is 0 Å². The van der Waals surface area contributed by atoms with Gasteiger partial charge in [-0.15, -0.1) is 0 Å². The number of para-hydroxylation sites is 5. The van der Waals surface area contributed by atoms with Gasteiger partial charge in [0.2, 0.25) is 0 Å². The van der Waals surface area contributed by atoms with Crippen LogP contribution in [0.1, 0.15) is 0 Å². The van der Waals surface area contributed by atoms with Gasteiger partial charge in [-0.3, -0.25) is 0 Å². The lowest BCUT2D eigenvalue weighted by atomic mass is 9.91. The first kappa shape index (κ1) is 35.5. The minimum atomic E-state index is 0.622. The minimum absolute atomic E-state index is 0.622. The number of hydrogen-bond donors (Lipinski definition) is 0. The van der Waals surface area contributed by atoms with Gasteiger partial charge < -0.3 is 9.13 Å². The van der Waals surface area contributed by atoms with Crippen LogP contribution in [0, 0.1) is 0 Å². The Morgan fingerprint density at radius 1 is 0.242 bits per heavy atom. The molecule has 3 aromatic heterocycles. The molecule has 0 aliphatic heterocycles. The molecule has 0 fully saturated rings. The van der Waals surface area contributed by atoms with E-state index in [4.69, 9.17) is 15.0 Å². The van der Waals surface area contributed by atoms with Gasteiger partial charge in [0.1, 0.15) is 0 Å². The third kappa shape index (κ3) is 5.82. The lowest BCUT2D eigenvalue weighted by Gasteiger charge is -2.21. The normalized spacial score (nSPS) is 11.5. The highest BCUT2D eigenvalue weighted by atomic mass is 15.0. The Kier molecular flexibility index (Phi) is 8.42. The van der Waals surface area contributed by atoms with Gasteiger partial charge in [0.15, 0.2) is 17.5 Å². The van der Waals surface area contributed by atoms with Gasteiger partial charge in [-0.05, 0) is 47.5 Å². The van der Waals surface area contributed by atoms with Gasteiger partial charge >= 0.3 is 0 Å². The first-order valence-corrected chi connectivity index (χ1v) is 21.0. The number of benzene rings is 9. The lowest BCUT2D eigenvalue weighted by molar-refractivity contribution is 1.07. The summed E-state index contributed by atoms with van der Waals surface area (Å²) in [5, 5.41) is 4.91. The maximum Gasteiger partial charge on any atom is 0.164 e. The third-order valence-electron chi connectivity index (χ3n) is 12.0. The highest BCUT2D eigenvalue weighted by molar-refractivity contribution is 6.11. The van der Waals surface area contributed by atoms with Crippen LogP contribution < -0.4 is 0 Å². The molecule has 5 heteroatoms. The summed E-state index contributed by atoms with van der Waals surface area (Å²) in [4.78, 5) is 15.0. The maximum absolute atomic E-state index is 5.05. The average Bonchev–Trinajstić information content (AvgIpc) is 3.87. The molecule has 0 unspecified atom stereocenters. The summed E-state index contributed by atoms with van der Waals surface area (Å²) < 4.78 is 4.86. The molecular formula is C57H37N5. The Labute approximate surface area is 358 Å². The first-order chi connectivity index (χ1) is 30.8. The molecule has 0 aliphatic carbocycles. The number of nitrogens with zero attached hydrogens (tertiary/aromatic N) is 5. The summed E-state index contributed by atoms with van der Waals surface area (Å²) in [5.41, 5.74) is 14.2. The summed E-state index contributed by atoms with van der Waals surface area (Å²) >= 11 is 0. The molecule has 9 aromatic carbocycles. The van der Waals surface area contributed by atoms with Crippen molar-refractivity contribution >= 4 is 43.6 Å². The van der Waals surface area contributed by atoms with Crippen LogP contribution in [-0.4, -0.2) is 24.1 Å². The summed E-state index contributed by atoms with van der Waals surface area (Å²) in [6.07, 6.45) is 0. The highest BCUT2D eigenvalue weighted by Gasteiger charge is 2.22. The first-order valence-electron chi connectivity index (χ1n) is 21.0. The Morgan fingerprint density at radius 2 is 0.581 bits per heavy atom. The van der Waals surface area contributed by atoms with E-state index in [1.807, 2.05) is 60.7 Å². The lowest BCUT2D eigenvalue weighted by Crippen LogP contribution is -2.02. The second-order valence-corrected chi connectivity index (χ2v) is 15.6. The molecule has 0 saturated heterocycles. The molecule has 5 nitrogen and oxygen atoms in total. The van der Waals surface area contributed by atoms with Crippen molar-refractivity contribution in [1.29, 1.82) is 0 Å². The fourth-order valence-corrected chi connectivity index (χ4v) is 9.24. The van der Waals surface area contributed by atoms with Crippen LogP contribution in [0.5, 0.6) is 0 Å². The third-order valence-corrected chi connectivity index (χ3v) is 12.0. The van der Waals surface area contributed by atoms with Gasteiger partial charge in [0.25, 0.3) is 0 Å². The standard InChI is InChI=1S/C57H37N5/c1-3-18-39(19-4-1)55-58-56(40-20-5-2-6-21-40)60-57(59-55)41-36-34-38(35-37-41)54-47(27-17-33-53(54)62-50-30-14-9-24-44(50)45-25-10-15-31-51(45)62)46-26-11-16-32-52(46)61-48-28-12-7-22-42(48)43-23-8-13-29-49(43)61/h1-37H. The quantitative estimate of drug-likeness (QED) is 0.162.